The monoisotopic (exact) mass is 305 g/mol. The molecule has 0 aliphatic rings. The van der Waals surface area contributed by atoms with Crippen molar-refractivity contribution in [3.63, 3.8) is 0 Å². The van der Waals surface area contributed by atoms with Gasteiger partial charge in [0.2, 0.25) is 10.0 Å². The molecule has 6 nitrogen and oxygen atoms in total. The van der Waals surface area contributed by atoms with Crippen molar-refractivity contribution >= 4 is 21.6 Å². The minimum absolute atomic E-state index is 0.0786. The summed E-state index contributed by atoms with van der Waals surface area (Å²) < 4.78 is 25.2. The molecule has 2 rings (SSSR count). The molecule has 0 saturated carbocycles. The molecule has 0 spiro atoms. The molecule has 21 heavy (non-hydrogen) atoms. The van der Waals surface area contributed by atoms with E-state index in [1.165, 1.54) is 32.3 Å². The number of nitrogens with one attached hydrogen (secondary N) is 1. The molecule has 2 aromatic rings. The van der Waals surface area contributed by atoms with Crippen molar-refractivity contribution in [3.8, 4) is 0 Å². The fourth-order valence-corrected chi connectivity index (χ4v) is 2.60. The van der Waals surface area contributed by atoms with E-state index in [0.29, 0.717) is 5.69 Å². The van der Waals surface area contributed by atoms with Crippen LogP contribution in [0.5, 0.6) is 0 Å². The number of nitrogens with zero attached hydrogens (tertiary/aromatic N) is 2. The second kappa shape index (κ2) is 6.02. The lowest BCUT2D eigenvalue weighted by Crippen LogP contribution is -2.22. The molecule has 0 bridgehead atoms. The quantitative estimate of drug-likeness (QED) is 0.930. The topological polar surface area (TPSA) is 79.4 Å². The van der Waals surface area contributed by atoms with Crippen LogP contribution in [-0.4, -0.2) is 37.7 Å². The van der Waals surface area contributed by atoms with Gasteiger partial charge in [0, 0.05) is 37.7 Å². The molecular weight excluding hydrogens is 290 g/mol. The average molecular weight is 305 g/mol. The Kier molecular flexibility index (Phi) is 4.35. The zero-order valence-corrected chi connectivity index (χ0v) is 12.5. The summed E-state index contributed by atoms with van der Waals surface area (Å²) in [6.45, 7) is 0. The summed E-state index contributed by atoms with van der Waals surface area (Å²) in [5, 5.41) is 2.68. The van der Waals surface area contributed by atoms with Crippen LogP contribution in [0.25, 0.3) is 0 Å². The number of sulfonamides is 1. The van der Waals surface area contributed by atoms with Gasteiger partial charge in [-0.3, -0.25) is 9.78 Å². The van der Waals surface area contributed by atoms with Crippen LogP contribution in [-0.2, 0) is 10.0 Å². The first-order valence-electron chi connectivity index (χ1n) is 6.15. The highest BCUT2D eigenvalue weighted by Gasteiger charge is 2.18. The number of anilines is 1. The first-order chi connectivity index (χ1) is 9.91. The van der Waals surface area contributed by atoms with Gasteiger partial charge in [-0.1, -0.05) is 6.07 Å². The summed E-state index contributed by atoms with van der Waals surface area (Å²) in [7, 11) is -0.675. The van der Waals surface area contributed by atoms with Crippen molar-refractivity contribution in [3.05, 3.63) is 54.4 Å². The van der Waals surface area contributed by atoms with Crippen molar-refractivity contribution < 1.29 is 13.2 Å². The van der Waals surface area contributed by atoms with Crippen LogP contribution in [0.1, 0.15) is 10.4 Å². The lowest BCUT2D eigenvalue weighted by atomic mass is 10.2. The number of rotatable bonds is 4. The van der Waals surface area contributed by atoms with Crippen LogP contribution in [0.15, 0.2) is 53.7 Å². The Bertz CT molecular complexity index is 743. The van der Waals surface area contributed by atoms with Crippen molar-refractivity contribution in [1.29, 1.82) is 0 Å². The van der Waals surface area contributed by atoms with E-state index in [0.717, 1.165) is 4.31 Å². The largest absolute Gasteiger partial charge is 0.322 e. The molecule has 0 unspecified atom stereocenters. The summed E-state index contributed by atoms with van der Waals surface area (Å²) in [5.41, 5.74) is 0.866. The summed E-state index contributed by atoms with van der Waals surface area (Å²) in [5.74, 6) is -0.378. The first-order valence-corrected chi connectivity index (χ1v) is 7.59. The molecule has 0 radical (unpaired) electrons. The van der Waals surface area contributed by atoms with Crippen molar-refractivity contribution in [2.24, 2.45) is 0 Å². The number of pyridine rings is 1. The van der Waals surface area contributed by atoms with Crippen LogP contribution in [0.2, 0.25) is 0 Å². The number of carbonyl (C=O) groups is 1. The van der Waals surface area contributed by atoms with Gasteiger partial charge in [-0.05, 0) is 30.3 Å². The number of benzene rings is 1. The van der Waals surface area contributed by atoms with Crippen molar-refractivity contribution in [1.82, 2.24) is 9.29 Å². The van der Waals surface area contributed by atoms with Crippen LogP contribution >= 0.6 is 0 Å². The van der Waals surface area contributed by atoms with E-state index in [1.807, 2.05) is 0 Å². The Morgan fingerprint density at radius 2 is 1.81 bits per heavy atom. The maximum absolute atomic E-state index is 12.1. The van der Waals surface area contributed by atoms with Gasteiger partial charge in [-0.25, -0.2) is 12.7 Å². The molecule has 110 valence electrons. The Labute approximate surface area is 123 Å². The van der Waals surface area contributed by atoms with Gasteiger partial charge in [0.1, 0.15) is 0 Å². The van der Waals surface area contributed by atoms with Crippen LogP contribution in [0.4, 0.5) is 5.69 Å². The Morgan fingerprint density at radius 3 is 2.43 bits per heavy atom. The van der Waals surface area contributed by atoms with E-state index in [2.05, 4.69) is 10.3 Å². The third-order valence-electron chi connectivity index (χ3n) is 2.81. The highest BCUT2D eigenvalue weighted by molar-refractivity contribution is 7.89. The minimum Gasteiger partial charge on any atom is -0.322 e. The van der Waals surface area contributed by atoms with Gasteiger partial charge in [-0.15, -0.1) is 0 Å². The molecule has 1 amide bonds. The van der Waals surface area contributed by atoms with E-state index in [1.54, 1.807) is 30.6 Å². The van der Waals surface area contributed by atoms with E-state index >= 15 is 0 Å². The van der Waals surface area contributed by atoms with E-state index in [-0.39, 0.29) is 16.4 Å². The number of hydrogen-bond donors (Lipinski definition) is 1. The normalized spacial score (nSPS) is 11.4. The average Bonchev–Trinajstić information content (AvgIpc) is 2.48. The number of amides is 1. The minimum atomic E-state index is -3.56. The maximum atomic E-state index is 12.1. The smallest absolute Gasteiger partial charge is 0.255 e. The highest BCUT2D eigenvalue weighted by atomic mass is 32.2. The lowest BCUT2D eigenvalue weighted by Gasteiger charge is -2.12. The van der Waals surface area contributed by atoms with Gasteiger partial charge in [0.15, 0.2) is 0 Å². The van der Waals surface area contributed by atoms with Gasteiger partial charge in [0.25, 0.3) is 5.91 Å². The molecule has 1 heterocycles. The lowest BCUT2D eigenvalue weighted by molar-refractivity contribution is 0.102. The molecule has 1 aromatic heterocycles. The highest BCUT2D eigenvalue weighted by Crippen LogP contribution is 2.16. The zero-order chi connectivity index (χ0) is 15.5. The van der Waals surface area contributed by atoms with Crippen LogP contribution in [0, 0.1) is 0 Å². The second-order valence-corrected chi connectivity index (χ2v) is 6.66. The molecule has 0 aliphatic carbocycles. The molecule has 0 saturated heterocycles. The molecular formula is C14H15N3O3S. The second-order valence-electron chi connectivity index (χ2n) is 4.51. The first kappa shape index (κ1) is 15.1. The predicted octanol–water partition coefficient (Wildman–Crippen LogP) is 1.58. The Balaban J connectivity index is 2.28. The molecule has 0 fully saturated rings. The van der Waals surface area contributed by atoms with Gasteiger partial charge < -0.3 is 5.32 Å². The maximum Gasteiger partial charge on any atom is 0.255 e. The van der Waals surface area contributed by atoms with E-state index in [9.17, 15) is 13.2 Å². The number of carbonyl (C=O) groups excluding carboxylic acids is 1. The van der Waals surface area contributed by atoms with Crippen LogP contribution in [0.3, 0.4) is 0 Å². The van der Waals surface area contributed by atoms with E-state index in [4.69, 9.17) is 0 Å². The Morgan fingerprint density at radius 1 is 1.14 bits per heavy atom. The summed E-state index contributed by atoms with van der Waals surface area (Å²) in [6.07, 6.45) is 3.12. The third-order valence-corrected chi connectivity index (χ3v) is 4.62. The standard InChI is InChI=1S/C14H15N3O3S/c1-17(2)21(19,20)13-5-3-4-11(10-13)14(18)16-12-6-8-15-9-7-12/h3-10H,1-2H3,(H,15,16,18). The molecule has 0 aliphatic heterocycles. The van der Waals surface area contributed by atoms with Gasteiger partial charge in [0.05, 0.1) is 4.90 Å². The molecule has 1 N–H and O–H groups in total. The van der Waals surface area contributed by atoms with Crippen molar-refractivity contribution in [2.45, 2.75) is 4.90 Å². The third kappa shape index (κ3) is 3.45. The fraction of sp³-hybridized carbons (Fsp3) is 0.143. The van der Waals surface area contributed by atoms with E-state index < -0.39 is 10.0 Å². The Hall–Kier alpha value is -2.25. The number of hydrogen-bond acceptors (Lipinski definition) is 4. The summed E-state index contributed by atoms with van der Waals surface area (Å²) in [6, 6.07) is 9.21. The van der Waals surface area contributed by atoms with Crippen molar-refractivity contribution in [2.75, 3.05) is 19.4 Å². The summed E-state index contributed by atoms with van der Waals surface area (Å²) in [4.78, 5) is 16.1. The predicted molar refractivity (Wildman–Crippen MR) is 79.5 cm³/mol. The van der Waals surface area contributed by atoms with Gasteiger partial charge in [-0.2, -0.15) is 0 Å². The molecule has 1 aromatic carbocycles. The zero-order valence-electron chi connectivity index (χ0n) is 11.6. The fourth-order valence-electron chi connectivity index (χ4n) is 1.65. The van der Waals surface area contributed by atoms with Crippen LogP contribution < -0.4 is 5.32 Å². The van der Waals surface area contributed by atoms with Gasteiger partial charge >= 0.3 is 0 Å². The molecule has 7 heteroatoms. The SMILES string of the molecule is CN(C)S(=O)(=O)c1cccc(C(=O)Nc2ccncc2)c1. The summed E-state index contributed by atoms with van der Waals surface area (Å²) >= 11 is 0. The molecule has 0 atom stereocenters. The number of aromatic nitrogens is 1.